The van der Waals surface area contributed by atoms with Crippen molar-refractivity contribution in [2.75, 3.05) is 12.8 Å². The summed E-state index contributed by atoms with van der Waals surface area (Å²) in [4.78, 5) is 13.1. The van der Waals surface area contributed by atoms with Gasteiger partial charge in [0, 0.05) is 12.8 Å². The lowest BCUT2D eigenvalue weighted by Gasteiger charge is -2.25. The molecule has 11 heteroatoms. The van der Waals surface area contributed by atoms with Crippen molar-refractivity contribution in [3.05, 3.63) is 41.3 Å². The molecule has 1 aromatic carbocycles. The Morgan fingerprint density at radius 2 is 1.83 bits per heavy atom. The maximum atomic E-state index is 13.1. The van der Waals surface area contributed by atoms with E-state index in [1.54, 1.807) is 26.0 Å². The molecule has 2 aromatic rings. The number of rotatable bonds is 6. The fraction of sp³-hybridized carbons (Fsp3) is 0.474. The van der Waals surface area contributed by atoms with E-state index in [1.165, 1.54) is 23.4 Å². The van der Waals surface area contributed by atoms with Crippen molar-refractivity contribution in [1.29, 1.82) is 0 Å². The molecule has 0 saturated carbocycles. The number of nitrogens with zero attached hydrogens (tertiary/aromatic N) is 2. The second-order valence-electron chi connectivity index (χ2n) is 7.50. The Labute approximate surface area is 176 Å². The highest BCUT2D eigenvalue weighted by atomic mass is 32.2. The molecule has 1 N–H and O–H groups in total. The van der Waals surface area contributed by atoms with E-state index < -0.39 is 37.9 Å². The zero-order valence-corrected chi connectivity index (χ0v) is 18.9. The van der Waals surface area contributed by atoms with Crippen LogP contribution >= 0.6 is 0 Å². The number of carbonyl (C=O) groups excluding carboxylic acids is 1. The summed E-state index contributed by atoms with van der Waals surface area (Å²) in [5, 5.41) is 6.55. The van der Waals surface area contributed by atoms with Gasteiger partial charge in [-0.3, -0.25) is 4.79 Å². The standard InChI is InChI=1S/C19H25N3O6S2/c1-12(15-7-9-16(10-8-15)29(4,24)25)20-19(23)17-6-5-11-22(17)30(26,27)18-13(2)21-28-14(18)3/h7-10,12,17H,5-6,11H2,1-4H3,(H,20,23)/t12-,17-/m1/s1. The van der Waals surface area contributed by atoms with Gasteiger partial charge in [-0.2, -0.15) is 4.31 Å². The Morgan fingerprint density at radius 3 is 2.37 bits per heavy atom. The number of sulfonamides is 1. The van der Waals surface area contributed by atoms with Gasteiger partial charge in [0.25, 0.3) is 0 Å². The average molecular weight is 456 g/mol. The topological polar surface area (TPSA) is 127 Å². The lowest BCUT2D eigenvalue weighted by molar-refractivity contribution is -0.124. The molecule has 1 aliphatic rings. The predicted octanol–water partition coefficient (Wildman–Crippen LogP) is 1.73. The molecule has 1 saturated heterocycles. The first-order chi connectivity index (χ1) is 13.9. The van der Waals surface area contributed by atoms with E-state index in [0.29, 0.717) is 18.4 Å². The first-order valence-electron chi connectivity index (χ1n) is 9.48. The van der Waals surface area contributed by atoms with Crippen molar-refractivity contribution in [3.8, 4) is 0 Å². The third-order valence-electron chi connectivity index (χ3n) is 5.21. The molecular weight excluding hydrogens is 430 g/mol. The van der Waals surface area contributed by atoms with Crippen LogP contribution in [0.4, 0.5) is 0 Å². The van der Waals surface area contributed by atoms with Gasteiger partial charge in [0.1, 0.15) is 16.6 Å². The molecule has 2 heterocycles. The molecule has 1 fully saturated rings. The molecule has 2 atom stereocenters. The number of hydrogen-bond acceptors (Lipinski definition) is 7. The molecule has 0 radical (unpaired) electrons. The minimum absolute atomic E-state index is 0.00612. The van der Waals surface area contributed by atoms with Gasteiger partial charge in [-0.25, -0.2) is 16.8 Å². The van der Waals surface area contributed by atoms with Gasteiger partial charge in [0.05, 0.1) is 10.9 Å². The summed E-state index contributed by atoms with van der Waals surface area (Å²) in [6.07, 6.45) is 2.10. The average Bonchev–Trinajstić information content (AvgIpc) is 3.28. The minimum atomic E-state index is -3.92. The molecule has 0 aliphatic carbocycles. The molecule has 0 spiro atoms. The van der Waals surface area contributed by atoms with Crippen LogP contribution in [0.15, 0.2) is 38.6 Å². The molecule has 1 aliphatic heterocycles. The maximum Gasteiger partial charge on any atom is 0.249 e. The van der Waals surface area contributed by atoms with Crippen LogP contribution in [0.2, 0.25) is 0 Å². The number of nitrogens with one attached hydrogen (secondary N) is 1. The SMILES string of the molecule is Cc1noc(C)c1S(=O)(=O)N1CCC[C@@H]1C(=O)N[C@H](C)c1ccc(S(C)(=O)=O)cc1. The Kier molecular flexibility index (Phi) is 6.08. The van der Waals surface area contributed by atoms with Crippen LogP contribution in [-0.2, 0) is 24.7 Å². The number of carbonyl (C=O) groups is 1. The monoisotopic (exact) mass is 455 g/mol. The number of benzene rings is 1. The summed E-state index contributed by atoms with van der Waals surface area (Å²) in [6.45, 7) is 5.08. The number of amides is 1. The van der Waals surface area contributed by atoms with Gasteiger partial charge in [-0.05, 0) is 51.3 Å². The van der Waals surface area contributed by atoms with Crippen LogP contribution < -0.4 is 5.32 Å². The highest BCUT2D eigenvalue weighted by Crippen LogP contribution is 2.30. The van der Waals surface area contributed by atoms with E-state index in [-0.39, 0.29) is 27.8 Å². The van der Waals surface area contributed by atoms with Crippen molar-refractivity contribution in [2.45, 2.75) is 55.5 Å². The zero-order valence-electron chi connectivity index (χ0n) is 17.2. The Balaban J connectivity index is 1.77. The van der Waals surface area contributed by atoms with Crippen molar-refractivity contribution in [2.24, 2.45) is 0 Å². The van der Waals surface area contributed by atoms with Crippen LogP contribution in [0.25, 0.3) is 0 Å². The molecule has 1 amide bonds. The smallest absolute Gasteiger partial charge is 0.249 e. The van der Waals surface area contributed by atoms with E-state index in [4.69, 9.17) is 4.52 Å². The van der Waals surface area contributed by atoms with E-state index in [2.05, 4.69) is 10.5 Å². The molecule has 1 aromatic heterocycles. The summed E-state index contributed by atoms with van der Waals surface area (Å²) in [5.41, 5.74) is 0.978. The van der Waals surface area contributed by atoms with Gasteiger partial charge in [0.2, 0.25) is 15.9 Å². The summed E-state index contributed by atoms with van der Waals surface area (Å²) in [5.74, 6) is -0.208. The zero-order chi connectivity index (χ0) is 22.3. The third kappa shape index (κ3) is 4.28. The number of sulfone groups is 1. The van der Waals surface area contributed by atoms with Crippen LogP contribution in [-0.4, -0.2) is 51.0 Å². The molecule has 9 nitrogen and oxygen atoms in total. The Morgan fingerprint density at radius 1 is 1.20 bits per heavy atom. The molecule has 0 bridgehead atoms. The molecular formula is C19H25N3O6S2. The Bertz CT molecular complexity index is 1130. The quantitative estimate of drug-likeness (QED) is 0.703. The minimum Gasteiger partial charge on any atom is -0.360 e. The van der Waals surface area contributed by atoms with Crippen molar-refractivity contribution in [3.63, 3.8) is 0 Å². The molecule has 164 valence electrons. The van der Waals surface area contributed by atoms with Crippen molar-refractivity contribution < 1.29 is 26.2 Å². The predicted molar refractivity (Wildman–Crippen MR) is 109 cm³/mol. The summed E-state index contributed by atoms with van der Waals surface area (Å²) in [6, 6.07) is 4.98. The highest BCUT2D eigenvalue weighted by Gasteiger charge is 2.42. The van der Waals surface area contributed by atoms with Gasteiger partial charge >= 0.3 is 0 Å². The maximum absolute atomic E-state index is 13.1. The fourth-order valence-electron chi connectivity index (χ4n) is 3.65. The van der Waals surface area contributed by atoms with Gasteiger partial charge in [-0.1, -0.05) is 17.3 Å². The van der Waals surface area contributed by atoms with E-state index in [1.807, 2.05) is 0 Å². The largest absolute Gasteiger partial charge is 0.360 e. The fourth-order valence-corrected chi connectivity index (χ4v) is 6.23. The number of aryl methyl sites for hydroxylation is 2. The lowest BCUT2D eigenvalue weighted by Crippen LogP contribution is -2.46. The van der Waals surface area contributed by atoms with Gasteiger partial charge in [0.15, 0.2) is 15.6 Å². The molecule has 0 unspecified atom stereocenters. The number of hydrogen-bond donors (Lipinski definition) is 1. The second-order valence-corrected chi connectivity index (χ2v) is 11.3. The van der Waals surface area contributed by atoms with Crippen molar-refractivity contribution in [1.82, 2.24) is 14.8 Å². The first kappa shape index (κ1) is 22.4. The van der Waals surface area contributed by atoms with E-state index >= 15 is 0 Å². The third-order valence-corrected chi connectivity index (χ3v) is 8.49. The number of aromatic nitrogens is 1. The van der Waals surface area contributed by atoms with Crippen LogP contribution in [0.3, 0.4) is 0 Å². The van der Waals surface area contributed by atoms with Crippen LogP contribution in [0, 0.1) is 13.8 Å². The van der Waals surface area contributed by atoms with Crippen LogP contribution in [0.5, 0.6) is 0 Å². The molecule has 3 rings (SSSR count). The van der Waals surface area contributed by atoms with E-state index in [0.717, 1.165) is 6.26 Å². The van der Waals surface area contributed by atoms with Crippen molar-refractivity contribution >= 4 is 25.8 Å². The second kappa shape index (κ2) is 8.12. The van der Waals surface area contributed by atoms with Gasteiger partial charge < -0.3 is 9.84 Å². The Hall–Kier alpha value is -2.24. The first-order valence-corrected chi connectivity index (χ1v) is 12.8. The normalized spacial score (nSPS) is 19.0. The lowest BCUT2D eigenvalue weighted by atomic mass is 10.1. The highest BCUT2D eigenvalue weighted by molar-refractivity contribution is 7.90. The molecule has 30 heavy (non-hydrogen) atoms. The van der Waals surface area contributed by atoms with Crippen LogP contribution in [0.1, 0.15) is 42.8 Å². The summed E-state index contributed by atoms with van der Waals surface area (Å²) in [7, 11) is -7.23. The van der Waals surface area contributed by atoms with Gasteiger partial charge in [-0.15, -0.1) is 0 Å². The summed E-state index contributed by atoms with van der Waals surface area (Å²) >= 11 is 0. The summed E-state index contributed by atoms with van der Waals surface area (Å²) < 4.78 is 55.6. The van der Waals surface area contributed by atoms with E-state index in [9.17, 15) is 21.6 Å².